The Balaban J connectivity index is 2.93. The highest BCUT2D eigenvalue weighted by Gasteiger charge is 2.03. The van der Waals surface area contributed by atoms with Crippen LogP contribution in [-0.4, -0.2) is 10.9 Å². The Morgan fingerprint density at radius 3 is 2.21 bits per heavy atom. The molecule has 0 saturated carbocycles. The fourth-order valence-electron chi connectivity index (χ4n) is 1.39. The first-order valence-corrected chi connectivity index (χ1v) is 5.00. The summed E-state index contributed by atoms with van der Waals surface area (Å²) in [6.45, 7) is 6.30. The van der Waals surface area contributed by atoms with Gasteiger partial charge in [0.15, 0.2) is 0 Å². The van der Waals surface area contributed by atoms with Crippen LogP contribution >= 0.6 is 0 Å². The normalized spacial score (nSPS) is 12.1. The summed E-state index contributed by atoms with van der Waals surface area (Å²) in [5.74, 6) is 0.542. The zero-order chi connectivity index (χ0) is 10.6. The zero-order valence-electron chi connectivity index (χ0n) is 8.99. The fraction of sp³-hybridized carbons (Fsp3) is 0.417. The largest absolute Gasteiger partial charge is 0.411 e. The van der Waals surface area contributed by atoms with Crippen LogP contribution < -0.4 is 0 Å². The van der Waals surface area contributed by atoms with Crippen molar-refractivity contribution in [3.8, 4) is 0 Å². The fourth-order valence-corrected chi connectivity index (χ4v) is 1.39. The first-order chi connectivity index (χ1) is 6.69. The predicted molar refractivity (Wildman–Crippen MR) is 59.1 cm³/mol. The lowest BCUT2D eigenvalue weighted by Crippen LogP contribution is -1.99. The van der Waals surface area contributed by atoms with Gasteiger partial charge in [0.25, 0.3) is 0 Å². The van der Waals surface area contributed by atoms with E-state index >= 15 is 0 Å². The van der Waals surface area contributed by atoms with Gasteiger partial charge in [-0.2, -0.15) is 0 Å². The average molecular weight is 191 g/mol. The Kier molecular flexibility index (Phi) is 3.69. The smallest absolute Gasteiger partial charge is 0.0865 e. The van der Waals surface area contributed by atoms with E-state index in [4.69, 9.17) is 5.21 Å². The Labute approximate surface area is 85.3 Å². The predicted octanol–water partition coefficient (Wildman–Crippen LogP) is 3.40. The van der Waals surface area contributed by atoms with Gasteiger partial charge in [-0.05, 0) is 23.5 Å². The van der Waals surface area contributed by atoms with Crippen molar-refractivity contribution in [2.24, 2.45) is 5.16 Å². The Hall–Kier alpha value is -1.31. The molecule has 1 rings (SSSR count). The summed E-state index contributed by atoms with van der Waals surface area (Å²) in [4.78, 5) is 0. The molecule has 0 aliphatic heterocycles. The monoisotopic (exact) mass is 191 g/mol. The molecule has 0 atom stereocenters. The molecule has 1 N–H and O–H groups in total. The molecular formula is C12H17NO. The summed E-state index contributed by atoms with van der Waals surface area (Å²) in [7, 11) is 0. The second kappa shape index (κ2) is 4.80. The Morgan fingerprint density at radius 2 is 1.86 bits per heavy atom. The van der Waals surface area contributed by atoms with Crippen LogP contribution in [0.4, 0.5) is 0 Å². The van der Waals surface area contributed by atoms with Crippen LogP contribution in [0.15, 0.2) is 29.4 Å². The lowest BCUT2D eigenvalue weighted by Gasteiger charge is -2.06. The highest BCUT2D eigenvalue weighted by Crippen LogP contribution is 2.15. The van der Waals surface area contributed by atoms with Gasteiger partial charge in [0.1, 0.15) is 0 Å². The first-order valence-electron chi connectivity index (χ1n) is 5.00. The van der Waals surface area contributed by atoms with Crippen molar-refractivity contribution in [1.82, 2.24) is 0 Å². The maximum absolute atomic E-state index is 8.75. The van der Waals surface area contributed by atoms with Crippen molar-refractivity contribution in [2.75, 3.05) is 0 Å². The van der Waals surface area contributed by atoms with Crippen molar-refractivity contribution in [3.05, 3.63) is 35.4 Å². The summed E-state index contributed by atoms with van der Waals surface area (Å²) >= 11 is 0. The van der Waals surface area contributed by atoms with Gasteiger partial charge < -0.3 is 5.21 Å². The summed E-state index contributed by atoms with van der Waals surface area (Å²) in [5.41, 5.74) is 3.04. The van der Waals surface area contributed by atoms with E-state index in [1.54, 1.807) is 0 Å². The van der Waals surface area contributed by atoms with Crippen LogP contribution in [-0.2, 0) is 0 Å². The lowest BCUT2D eigenvalue weighted by molar-refractivity contribution is 0.318. The van der Waals surface area contributed by atoms with Crippen LogP contribution in [0.1, 0.15) is 44.2 Å². The topological polar surface area (TPSA) is 32.6 Å². The van der Waals surface area contributed by atoms with Crippen molar-refractivity contribution >= 4 is 5.71 Å². The summed E-state index contributed by atoms with van der Waals surface area (Å²) in [6, 6.07) is 8.18. The first kappa shape index (κ1) is 10.8. The van der Waals surface area contributed by atoms with E-state index in [1.165, 1.54) is 5.56 Å². The van der Waals surface area contributed by atoms with E-state index in [0.717, 1.165) is 17.7 Å². The Bertz CT molecular complexity index is 312. The van der Waals surface area contributed by atoms with Crippen molar-refractivity contribution in [1.29, 1.82) is 0 Å². The molecule has 14 heavy (non-hydrogen) atoms. The van der Waals surface area contributed by atoms with Crippen LogP contribution in [0.3, 0.4) is 0 Å². The van der Waals surface area contributed by atoms with Gasteiger partial charge in [-0.25, -0.2) is 0 Å². The number of benzene rings is 1. The molecule has 2 heteroatoms. The molecular weight excluding hydrogens is 174 g/mol. The van der Waals surface area contributed by atoms with Gasteiger partial charge in [-0.1, -0.05) is 50.2 Å². The van der Waals surface area contributed by atoms with Gasteiger partial charge >= 0.3 is 0 Å². The third kappa shape index (κ3) is 2.34. The van der Waals surface area contributed by atoms with Crippen molar-refractivity contribution in [3.63, 3.8) is 0 Å². The van der Waals surface area contributed by atoms with Gasteiger partial charge in [-0.3, -0.25) is 0 Å². The molecule has 0 unspecified atom stereocenters. The van der Waals surface area contributed by atoms with Gasteiger partial charge in [0.05, 0.1) is 5.71 Å². The minimum atomic E-state index is 0.542. The molecule has 0 fully saturated rings. The number of nitrogens with zero attached hydrogens (tertiary/aromatic N) is 1. The van der Waals surface area contributed by atoms with E-state index in [2.05, 4.69) is 31.1 Å². The number of rotatable bonds is 3. The Morgan fingerprint density at radius 1 is 1.29 bits per heavy atom. The third-order valence-electron chi connectivity index (χ3n) is 2.37. The summed E-state index contributed by atoms with van der Waals surface area (Å²) in [5, 5.41) is 12.0. The SMILES string of the molecule is CC/C(=N/O)c1ccc(C(C)C)cc1. The minimum Gasteiger partial charge on any atom is -0.411 e. The molecule has 0 aliphatic carbocycles. The van der Waals surface area contributed by atoms with Gasteiger partial charge in [0.2, 0.25) is 0 Å². The van der Waals surface area contributed by atoms with Crippen LogP contribution in [0.2, 0.25) is 0 Å². The summed E-state index contributed by atoms with van der Waals surface area (Å²) in [6.07, 6.45) is 0.748. The van der Waals surface area contributed by atoms with E-state index in [0.29, 0.717) is 5.92 Å². The molecule has 0 saturated heterocycles. The van der Waals surface area contributed by atoms with Gasteiger partial charge in [0, 0.05) is 0 Å². The molecule has 0 bridgehead atoms. The second-order valence-electron chi connectivity index (χ2n) is 3.68. The summed E-state index contributed by atoms with van der Waals surface area (Å²) < 4.78 is 0. The average Bonchev–Trinajstić information content (AvgIpc) is 2.20. The molecule has 1 aromatic carbocycles. The number of hydrogen-bond donors (Lipinski definition) is 1. The van der Waals surface area contributed by atoms with Crippen LogP contribution in [0.5, 0.6) is 0 Å². The second-order valence-corrected chi connectivity index (χ2v) is 3.68. The molecule has 0 radical (unpaired) electrons. The highest BCUT2D eigenvalue weighted by atomic mass is 16.4. The van der Waals surface area contributed by atoms with E-state index in [1.807, 2.05) is 19.1 Å². The molecule has 0 amide bonds. The molecule has 0 spiro atoms. The van der Waals surface area contributed by atoms with Crippen molar-refractivity contribution < 1.29 is 5.21 Å². The van der Waals surface area contributed by atoms with E-state index in [-0.39, 0.29) is 0 Å². The highest BCUT2D eigenvalue weighted by molar-refractivity contribution is 5.99. The molecule has 76 valence electrons. The lowest BCUT2D eigenvalue weighted by atomic mass is 10.00. The molecule has 0 heterocycles. The maximum Gasteiger partial charge on any atom is 0.0865 e. The molecule has 0 aromatic heterocycles. The quantitative estimate of drug-likeness (QED) is 0.443. The maximum atomic E-state index is 8.75. The number of hydrogen-bond acceptors (Lipinski definition) is 2. The third-order valence-corrected chi connectivity index (χ3v) is 2.37. The van der Waals surface area contributed by atoms with Gasteiger partial charge in [-0.15, -0.1) is 0 Å². The van der Waals surface area contributed by atoms with Crippen LogP contribution in [0.25, 0.3) is 0 Å². The standard InChI is InChI=1S/C12H17NO/c1-4-12(13-14)11-7-5-10(6-8-11)9(2)3/h5-9,14H,4H2,1-3H3/b13-12-. The number of oxime groups is 1. The van der Waals surface area contributed by atoms with Crippen LogP contribution in [0, 0.1) is 0 Å². The van der Waals surface area contributed by atoms with E-state index in [9.17, 15) is 0 Å². The van der Waals surface area contributed by atoms with Crippen molar-refractivity contribution in [2.45, 2.75) is 33.1 Å². The van der Waals surface area contributed by atoms with E-state index < -0.39 is 0 Å². The molecule has 1 aromatic rings. The zero-order valence-corrected chi connectivity index (χ0v) is 8.99. The molecule has 0 aliphatic rings. The molecule has 2 nitrogen and oxygen atoms in total. The minimum absolute atomic E-state index is 0.542.